The molecule has 1 aliphatic heterocycles. The number of amidine groups is 1. The summed E-state index contributed by atoms with van der Waals surface area (Å²) in [6.07, 6.45) is 2.27. The predicted octanol–water partition coefficient (Wildman–Crippen LogP) is 1.45. The Bertz CT molecular complexity index is 454. The van der Waals surface area contributed by atoms with Gasteiger partial charge >= 0.3 is 0 Å². The summed E-state index contributed by atoms with van der Waals surface area (Å²) >= 11 is 0. The lowest BCUT2D eigenvalue weighted by Crippen LogP contribution is -2.35. The highest BCUT2D eigenvalue weighted by atomic mass is 16.5. The molecule has 3 N–H and O–H groups in total. The van der Waals surface area contributed by atoms with Crippen LogP contribution >= 0.6 is 0 Å². The molecule has 1 saturated heterocycles. The first-order valence-electron chi connectivity index (χ1n) is 6.48. The number of hydrogen-bond acceptors (Lipinski definition) is 4. The molecule has 0 aliphatic carbocycles. The van der Waals surface area contributed by atoms with Crippen molar-refractivity contribution in [2.24, 2.45) is 5.73 Å². The molecule has 0 saturated carbocycles. The van der Waals surface area contributed by atoms with Gasteiger partial charge in [0.05, 0.1) is 7.11 Å². The first-order valence-corrected chi connectivity index (χ1v) is 6.48. The van der Waals surface area contributed by atoms with Gasteiger partial charge in [0, 0.05) is 18.7 Å². The number of methoxy groups -OCH3 is 1. The molecule has 0 radical (unpaired) electrons. The second kappa shape index (κ2) is 5.93. The van der Waals surface area contributed by atoms with Gasteiger partial charge in [-0.2, -0.15) is 0 Å². The molecule has 19 heavy (non-hydrogen) atoms. The van der Waals surface area contributed by atoms with E-state index in [1.54, 1.807) is 19.2 Å². The van der Waals surface area contributed by atoms with Gasteiger partial charge in [0.15, 0.2) is 11.5 Å². The fourth-order valence-corrected chi connectivity index (χ4v) is 2.21. The van der Waals surface area contributed by atoms with E-state index < -0.39 is 0 Å². The molecule has 1 fully saturated rings. The molecule has 0 amide bonds. The van der Waals surface area contributed by atoms with Crippen molar-refractivity contribution in [2.45, 2.75) is 18.9 Å². The molecule has 0 bridgehead atoms. The van der Waals surface area contributed by atoms with E-state index in [1.807, 2.05) is 6.07 Å². The molecule has 5 heteroatoms. The van der Waals surface area contributed by atoms with Gasteiger partial charge in [-0.15, -0.1) is 0 Å². The molecule has 0 aromatic heterocycles. The zero-order chi connectivity index (χ0) is 13.8. The summed E-state index contributed by atoms with van der Waals surface area (Å²) in [7, 11) is 3.72. The van der Waals surface area contributed by atoms with E-state index in [1.165, 1.54) is 0 Å². The maximum atomic E-state index is 7.43. The van der Waals surface area contributed by atoms with E-state index >= 15 is 0 Å². The molecular formula is C14H21N3O2. The van der Waals surface area contributed by atoms with Crippen molar-refractivity contribution in [3.8, 4) is 11.5 Å². The number of nitrogens with one attached hydrogen (secondary N) is 1. The topological polar surface area (TPSA) is 71.6 Å². The van der Waals surface area contributed by atoms with Crippen LogP contribution in [0.4, 0.5) is 0 Å². The minimum atomic E-state index is 0.0316. The van der Waals surface area contributed by atoms with Crippen LogP contribution in [0.3, 0.4) is 0 Å². The zero-order valence-electron chi connectivity index (χ0n) is 11.5. The third-order valence-corrected chi connectivity index (χ3v) is 3.43. The highest BCUT2D eigenvalue weighted by Gasteiger charge is 2.19. The average molecular weight is 263 g/mol. The largest absolute Gasteiger partial charge is 0.493 e. The molecule has 0 spiro atoms. The Kier molecular flexibility index (Phi) is 4.27. The molecule has 1 aromatic carbocycles. The third kappa shape index (κ3) is 3.38. The van der Waals surface area contributed by atoms with Crippen LogP contribution in [0.25, 0.3) is 0 Å². The van der Waals surface area contributed by atoms with Crippen LogP contribution in [0.1, 0.15) is 18.4 Å². The van der Waals surface area contributed by atoms with Crippen molar-refractivity contribution >= 4 is 5.84 Å². The van der Waals surface area contributed by atoms with Crippen molar-refractivity contribution in [1.29, 1.82) is 5.41 Å². The quantitative estimate of drug-likeness (QED) is 0.637. The van der Waals surface area contributed by atoms with Crippen molar-refractivity contribution in [3.63, 3.8) is 0 Å². The van der Waals surface area contributed by atoms with Crippen molar-refractivity contribution in [3.05, 3.63) is 23.8 Å². The van der Waals surface area contributed by atoms with Gasteiger partial charge in [0.25, 0.3) is 0 Å². The lowest BCUT2D eigenvalue weighted by Gasteiger charge is -2.29. The Hall–Kier alpha value is -1.75. The molecule has 0 unspecified atom stereocenters. The number of ether oxygens (including phenoxy) is 2. The van der Waals surface area contributed by atoms with Crippen LogP contribution in [0.5, 0.6) is 11.5 Å². The van der Waals surface area contributed by atoms with Gasteiger partial charge in [-0.1, -0.05) is 0 Å². The number of nitrogen functional groups attached to an aromatic ring is 1. The summed E-state index contributed by atoms with van der Waals surface area (Å²) in [5.41, 5.74) is 6.11. The predicted molar refractivity (Wildman–Crippen MR) is 75.2 cm³/mol. The highest BCUT2D eigenvalue weighted by molar-refractivity contribution is 5.95. The molecule has 0 atom stereocenters. The maximum Gasteiger partial charge on any atom is 0.161 e. The normalized spacial score (nSPS) is 17.2. The molecule has 104 valence electrons. The summed E-state index contributed by atoms with van der Waals surface area (Å²) in [6, 6.07) is 5.36. The van der Waals surface area contributed by atoms with E-state index in [0.29, 0.717) is 11.3 Å². The minimum Gasteiger partial charge on any atom is -0.493 e. The SMILES string of the molecule is COc1cc(C(=N)N)ccc1OC1CCN(C)CC1. The van der Waals surface area contributed by atoms with E-state index in [4.69, 9.17) is 20.6 Å². The summed E-state index contributed by atoms with van der Waals surface area (Å²) in [5, 5.41) is 7.43. The smallest absolute Gasteiger partial charge is 0.161 e. The van der Waals surface area contributed by atoms with Crippen LogP contribution in [0, 0.1) is 5.41 Å². The molecular weight excluding hydrogens is 242 g/mol. The lowest BCUT2D eigenvalue weighted by molar-refractivity contribution is 0.111. The van der Waals surface area contributed by atoms with E-state index in [-0.39, 0.29) is 11.9 Å². The van der Waals surface area contributed by atoms with Gasteiger partial charge < -0.3 is 20.1 Å². The number of piperidine rings is 1. The van der Waals surface area contributed by atoms with Crippen molar-refractivity contribution < 1.29 is 9.47 Å². The number of nitrogens with zero attached hydrogens (tertiary/aromatic N) is 1. The van der Waals surface area contributed by atoms with Crippen molar-refractivity contribution in [2.75, 3.05) is 27.2 Å². The molecule has 1 aliphatic rings. The second-order valence-corrected chi connectivity index (χ2v) is 4.90. The zero-order valence-corrected chi connectivity index (χ0v) is 11.5. The number of likely N-dealkylation sites (tertiary alicyclic amines) is 1. The third-order valence-electron chi connectivity index (χ3n) is 3.43. The van der Waals surface area contributed by atoms with E-state index in [9.17, 15) is 0 Å². The van der Waals surface area contributed by atoms with Crippen LogP contribution in [-0.2, 0) is 0 Å². The van der Waals surface area contributed by atoms with Gasteiger partial charge in [-0.25, -0.2) is 0 Å². The Morgan fingerprint density at radius 3 is 2.58 bits per heavy atom. The lowest BCUT2D eigenvalue weighted by atomic mass is 10.1. The monoisotopic (exact) mass is 263 g/mol. The maximum absolute atomic E-state index is 7.43. The number of nitrogens with two attached hydrogens (primary N) is 1. The van der Waals surface area contributed by atoms with Crippen LogP contribution in [0.15, 0.2) is 18.2 Å². The molecule has 5 nitrogen and oxygen atoms in total. The molecule has 1 heterocycles. The number of rotatable bonds is 4. The van der Waals surface area contributed by atoms with E-state index in [0.717, 1.165) is 31.7 Å². The summed E-state index contributed by atoms with van der Waals surface area (Å²) in [4.78, 5) is 2.30. The fourth-order valence-electron chi connectivity index (χ4n) is 2.21. The highest BCUT2D eigenvalue weighted by Crippen LogP contribution is 2.30. The Labute approximate surface area is 113 Å². The number of hydrogen-bond donors (Lipinski definition) is 2. The Morgan fingerprint density at radius 1 is 1.32 bits per heavy atom. The number of benzene rings is 1. The molecule has 1 aromatic rings. The van der Waals surface area contributed by atoms with Crippen molar-refractivity contribution in [1.82, 2.24) is 4.90 Å². The van der Waals surface area contributed by atoms with Gasteiger partial charge in [0.1, 0.15) is 11.9 Å². The Morgan fingerprint density at radius 2 is 2.00 bits per heavy atom. The first-order chi connectivity index (χ1) is 9.10. The van der Waals surface area contributed by atoms with Gasteiger partial charge in [-0.3, -0.25) is 5.41 Å². The standard InChI is InChI=1S/C14H21N3O2/c1-17-7-5-11(6-8-17)19-12-4-3-10(14(15)16)9-13(12)18-2/h3-4,9,11H,5-8H2,1-2H3,(H3,15,16). The first kappa shape index (κ1) is 13.7. The van der Waals surface area contributed by atoms with Crippen LogP contribution in [0.2, 0.25) is 0 Å². The van der Waals surface area contributed by atoms with Crippen LogP contribution in [-0.4, -0.2) is 44.1 Å². The summed E-state index contributed by atoms with van der Waals surface area (Å²) < 4.78 is 11.3. The molecule has 2 rings (SSSR count). The van der Waals surface area contributed by atoms with Gasteiger partial charge in [0.2, 0.25) is 0 Å². The van der Waals surface area contributed by atoms with Crippen LogP contribution < -0.4 is 15.2 Å². The summed E-state index contributed by atoms with van der Waals surface area (Å²) in [5.74, 6) is 1.39. The summed E-state index contributed by atoms with van der Waals surface area (Å²) in [6.45, 7) is 2.11. The average Bonchev–Trinajstić information content (AvgIpc) is 2.41. The minimum absolute atomic E-state index is 0.0316. The fraction of sp³-hybridized carbons (Fsp3) is 0.500. The van der Waals surface area contributed by atoms with E-state index in [2.05, 4.69) is 11.9 Å². The Balaban J connectivity index is 2.09. The van der Waals surface area contributed by atoms with Gasteiger partial charge in [-0.05, 0) is 38.1 Å². The second-order valence-electron chi connectivity index (χ2n) is 4.90.